The van der Waals surface area contributed by atoms with E-state index in [9.17, 15) is 29.3 Å². The van der Waals surface area contributed by atoms with E-state index >= 15 is 0 Å². The first-order valence-corrected chi connectivity index (χ1v) is 16.2. The number of rotatable bonds is 14. The zero-order valence-electron chi connectivity index (χ0n) is 25.4. The van der Waals surface area contributed by atoms with Gasteiger partial charge in [-0.05, 0) is 67.4 Å². The maximum atomic E-state index is 13.5. The van der Waals surface area contributed by atoms with Crippen molar-refractivity contribution in [2.45, 2.75) is 36.8 Å². The van der Waals surface area contributed by atoms with E-state index in [2.05, 4.69) is 20.9 Å². The van der Waals surface area contributed by atoms with Crippen LogP contribution >= 0.6 is 23.1 Å². The van der Waals surface area contributed by atoms with Gasteiger partial charge in [0.1, 0.15) is 5.70 Å². The Balaban J connectivity index is 1.46. The molecule has 4 rings (SSSR count). The first-order chi connectivity index (χ1) is 22.6. The lowest BCUT2D eigenvalue weighted by atomic mass is 10.1. The highest BCUT2D eigenvalue weighted by molar-refractivity contribution is 8.00. The van der Waals surface area contributed by atoms with Crippen molar-refractivity contribution in [2.75, 3.05) is 17.2 Å². The molecule has 14 heteroatoms. The average Bonchev–Trinajstić information content (AvgIpc) is 3.50. The van der Waals surface area contributed by atoms with Gasteiger partial charge in [0, 0.05) is 33.7 Å². The third kappa shape index (κ3) is 10.3. The van der Waals surface area contributed by atoms with Crippen LogP contribution in [0.4, 0.5) is 16.5 Å². The Hall–Kier alpha value is -5.34. The molecule has 0 spiro atoms. The quantitative estimate of drug-likeness (QED) is 0.0472. The van der Waals surface area contributed by atoms with Crippen molar-refractivity contribution >= 4 is 69.4 Å². The third-order valence-corrected chi connectivity index (χ3v) is 8.55. The number of nitro benzene ring substituents is 1. The number of anilines is 2. The van der Waals surface area contributed by atoms with Crippen LogP contribution in [0.25, 0.3) is 6.08 Å². The molecule has 1 aromatic heterocycles. The van der Waals surface area contributed by atoms with Crippen molar-refractivity contribution in [3.8, 4) is 0 Å². The van der Waals surface area contributed by atoms with Gasteiger partial charge in [0.2, 0.25) is 5.91 Å². The zero-order chi connectivity index (χ0) is 33.8. The number of aromatic nitrogens is 1. The molecule has 0 radical (unpaired) electrons. The van der Waals surface area contributed by atoms with Gasteiger partial charge in [-0.15, -0.1) is 23.1 Å². The third-order valence-electron chi connectivity index (χ3n) is 6.39. The largest absolute Gasteiger partial charge is 0.466 e. The summed E-state index contributed by atoms with van der Waals surface area (Å²) in [4.78, 5) is 66.8. The normalized spacial score (nSPS) is 11.7. The van der Waals surface area contributed by atoms with Gasteiger partial charge in [0.15, 0.2) is 5.13 Å². The fourth-order valence-electron chi connectivity index (χ4n) is 4.12. The number of ether oxygens (including phenoxy) is 1. The first-order valence-electron chi connectivity index (χ1n) is 14.5. The molecule has 0 saturated carbocycles. The van der Waals surface area contributed by atoms with Gasteiger partial charge < -0.3 is 20.7 Å². The number of benzene rings is 3. The maximum absolute atomic E-state index is 13.5. The predicted octanol–water partition coefficient (Wildman–Crippen LogP) is 6.08. The molecule has 12 nitrogen and oxygen atoms in total. The molecule has 1 atom stereocenters. The number of nitrogens with zero attached hydrogens (tertiary/aromatic N) is 2. The van der Waals surface area contributed by atoms with Crippen LogP contribution in [-0.2, 0) is 25.5 Å². The number of non-ortho nitro benzene ring substituents is 1. The molecule has 0 saturated heterocycles. The molecule has 0 aliphatic carbocycles. The van der Waals surface area contributed by atoms with E-state index < -0.39 is 28.0 Å². The van der Waals surface area contributed by atoms with Crippen molar-refractivity contribution in [2.24, 2.45) is 0 Å². The number of amides is 3. The van der Waals surface area contributed by atoms with Crippen LogP contribution in [0, 0.1) is 10.1 Å². The van der Waals surface area contributed by atoms with Crippen LogP contribution in [0.2, 0.25) is 0 Å². The number of nitro groups is 1. The SMILES string of the molecule is CCOC(=O)Cc1csc(NC(=O)C(CC)Sc2cccc(NC(=O)/C(=C\c3ccc([N+](=O)[O-])cc3)NC(=O)c3ccccc3)c2)n1. The Kier molecular flexibility index (Phi) is 12.4. The number of hydrogen-bond donors (Lipinski definition) is 3. The summed E-state index contributed by atoms with van der Waals surface area (Å²) in [5, 5.41) is 20.9. The Bertz CT molecular complexity index is 1780. The number of esters is 1. The molecule has 0 bridgehead atoms. The molecule has 4 aromatic rings. The average molecular weight is 674 g/mol. The number of carbonyl (C=O) groups is 4. The lowest BCUT2D eigenvalue weighted by Crippen LogP contribution is -2.30. The molecule has 0 aliphatic rings. The molecular formula is C33H31N5O7S2. The first kappa shape index (κ1) is 34.5. The van der Waals surface area contributed by atoms with Gasteiger partial charge in [0.05, 0.1) is 28.9 Å². The van der Waals surface area contributed by atoms with Gasteiger partial charge in [-0.1, -0.05) is 31.2 Å². The number of hydrogen-bond acceptors (Lipinski definition) is 10. The van der Waals surface area contributed by atoms with Gasteiger partial charge in [-0.2, -0.15) is 0 Å². The zero-order valence-corrected chi connectivity index (χ0v) is 27.1. The predicted molar refractivity (Wildman–Crippen MR) is 181 cm³/mol. The molecule has 1 heterocycles. The number of nitrogens with one attached hydrogen (secondary N) is 3. The Morgan fingerprint density at radius 1 is 1.00 bits per heavy atom. The van der Waals surface area contributed by atoms with E-state index in [4.69, 9.17) is 4.74 Å². The van der Waals surface area contributed by atoms with E-state index in [1.807, 2.05) is 13.0 Å². The fraction of sp³-hybridized carbons (Fsp3) is 0.182. The smallest absolute Gasteiger partial charge is 0.311 e. The maximum Gasteiger partial charge on any atom is 0.311 e. The lowest BCUT2D eigenvalue weighted by Gasteiger charge is -2.15. The topological polar surface area (TPSA) is 170 Å². The van der Waals surface area contributed by atoms with Crippen LogP contribution in [-0.4, -0.2) is 45.5 Å². The Morgan fingerprint density at radius 3 is 2.43 bits per heavy atom. The molecule has 1 unspecified atom stereocenters. The minimum absolute atomic E-state index is 0.0192. The Morgan fingerprint density at radius 2 is 1.74 bits per heavy atom. The standard InChI is InChI=1S/C33H31N5O7S2/c1-3-28(32(42)37-33-35-24(20-46-33)19-29(39)45-4-2)47-26-12-8-11-23(18-26)34-31(41)27(36-30(40)22-9-6-5-7-10-22)17-21-13-15-25(16-14-21)38(43)44/h5-18,20,28H,3-4,19H2,1-2H3,(H,34,41)(H,36,40)(H,35,37,42)/b27-17+. The summed E-state index contributed by atoms with van der Waals surface area (Å²) in [5.74, 6) is -1.79. The highest BCUT2D eigenvalue weighted by Crippen LogP contribution is 2.29. The van der Waals surface area contributed by atoms with Gasteiger partial charge in [-0.25, -0.2) is 4.98 Å². The van der Waals surface area contributed by atoms with Gasteiger partial charge >= 0.3 is 5.97 Å². The second-order valence-electron chi connectivity index (χ2n) is 9.84. The van der Waals surface area contributed by atoms with Crippen LogP contribution in [0.5, 0.6) is 0 Å². The summed E-state index contributed by atoms with van der Waals surface area (Å²) in [7, 11) is 0. The highest BCUT2D eigenvalue weighted by atomic mass is 32.2. The van der Waals surface area contributed by atoms with E-state index in [1.54, 1.807) is 60.8 Å². The highest BCUT2D eigenvalue weighted by Gasteiger charge is 2.21. The monoisotopic (exact) mass is 673 g/mol. The molecule has 47 heavy (non-hydrogen) atoms. The molecule has 3 aromatic carbocycles. The van der Waals surface area contributed by atoms with Crippen LogP contribution in [0.3, 0.4) is 0 Å². The summed E-state index contributed by atoms with van der Waals surface area (Å²) in [6.45, 7) is 3.88. The molecule has 0 aliphatic heterocycles. The van der Waals surface area contributed by atoms with Crippen molar-refractivity contribution in [3.05, 3.63) is 117 Å². The summed E-state index contributed by atoms with van der Waals surface area (Å²) in [6, 6.07) is 20.8. The molecule has 242 valence electrons. The van der Waals surface area contributed by atoms with Crippen LogP contribution in [0.1, 0.15) is 41.9 Å². The van der Waals surface area contributed by atoms with Crippen molar-refractivity contribution in [3.63, 3.8) is 0 Å². The summed E-state index contributed by atoms with van der Waals surface area (Å²) < 4.78 is 4.94. The molecular weight excluding hydrogens is 643 g/mol. The lowest BCUT2D eigenvalue weighted by molar-refractivity contribution is -0.384. The van der Waals surface area contributed by atoms with E-state index in [1.165, 1.54) is 53.4 Å². The number of thioether (sulfide) groups is 1. The van der Waals surface area contributed by atoms with Crippen molar-refractivity contribution < 1.29 is 28.8 Å². The summed E-state index contributed by atoms with van der Waals surface area (Å²) in [5.41, 5.74) is 1.54. The minimum Gasteiger partial charge on any atom is -0.466 e. The summed E-state index contributed by atoms with van der Waals surface area (Å²) in [6.07, 6.45) is 1.94. The molecule has 0 fully saturated rings. The van der Waals surface area contributed by atoms with E-state index in [0.29, 0.717) is 39.0 Å². The van der Waals surface area contributed by atoms with Crippen molar-refractivity contribution in [1.29, 1.82) is 0 Å². The molecule has 3 N–H and O–H groups in total. The van der Waals surface area contributed by atoms with E-state index in [-0.39, 0.29) is 30.3 Å². The minimum atomic E-state index is -0.623. The molecule has 3 amide bonds. The van der Waals surface area contributed by atoms with Gasteiger partial charge in [-0.3, -0.25) is 29.3 Å². The Labute approximate surface area is 278 Å². The van der Waals surface area contributed by atoms with Crippen molar-refractivity contribution in [1.82, 2.24) is 10.3 Å². The number of carbonyl (C=O) groups excluding carboxylic acids is 4. The van der Waals surface area contributed by atoms with Crippen LogP contribution < -0.4 is 16.0 Å². The van der Waals surface area contributed by atoms with E-state index in [0.717, 1.165) is 0 Å². The fourth-order valence-corrected chi connectivity index (χ4v) is 5.85. The van der Waals surface area contributed by atoms with Crippen LogP contribution in [0.15, 0.2) is 94.8 Å². The summed E-state index contributed by atoms with van der Waals surface area (Å²) >= 11 is 2.52. The number of thiazole rings is 1. The van der Waals surface area contributed by atoms with Gasteiger partial charge in [0.25, 0.3) is 17.5 Å². The second-order valence-corrected chi connectivity index (χ2v) is 12.0. The second kappa shape index (κ2) is 16.8.